The first kappa shape index (κ1) is 14.9. The summed E-state index contributed by atoms with van der Waals surface area (Å²) in [6.45, 7) is 1.95. The summed E-state index contributed by atoms with van der Waals surface area (Å²) in [5, 5.41) is 12.4. The lowest BCUT2D eigenvalue weighted by Gasteiger charge is -2.24. The van der Waals surface area contributed by atoms with Crippen LogP contribution in [0, 0.1) is 0 Å². The summed E-state index contributed by atoms with van der Waals surface area (Å²) in [5.74, 6) is 1.78. The van der Waals surface area contributed by atoms with Crippen LogP contribution in [0.1, 0.15) is 63.6 Å². The van der Waals surface area contributed by atoms with Crippen molar-refractivity contribution >= 4 is 17.7 Å². The van der Waals surface area contributed by atoms with Gasteiger partial charge in [-0.05, 0) is 32.6 Å². The quantitative estimate of drug-likeness (QED) is 0.850. The summed E-state index contributed by atoms with van der Waals surface area (Å²) in [4.78, 5) is 12.3. The number of amides is 1. The van der Waals surface area contributed by atoms with E-state index in [1.807, 2.05) is 18.5 Å². The molecule has 0 radical (unpaired) electrons. The van der Waals surface area contributed by atoms with E-state index in [0.717, 1.165) is 23.8 Å². The molecule has 5 nitrogen and oxygen atoms in total. The van der Waals surface area contributed by atoms with Crippen LogP contribution < -0.4 is 5.32 Å². The van der Waals surface area contributed by atoms with Crippen LogP contribution in [0.2, 0.25) is 0 Å². The summed E-state index contributed by atoms with van der Waals surface area (Å²) in [5.41, 5.74) is 0. The van der Waals surface area contributed by atoms with Crippen molar-refractivity contribution in [2.24, 2.45) is 7.05 Å². The van der Waals surface area contributed by atoms with E-state index >= 15 is 0 Å². The molecular formula is C15H24N4OS. The van der Waals surface area contributed by atoms with Gasteiger partial charge < -0.3 is 9.88 Å². The number of rotatable bonds is 5. The number of aromatic nitrogens is 3. The molecule has 1 aromatic rings. The second-order valence-corrected chi connectivity index (χ2v) is 7.59. The monoisotopic (exact) mass is 308 g/mol. The molecule has 2 saturated carbocycles. The lowest BCUT2D eigenvalue weighted by molar-refractivity contribution is -0.121. The molecule has 1 aromatic heterocycles. The summed E-state index contributed by atoms with van der Waals surface area (Å²) in [6, 6.07) is 0.371. The summed E-state index contributed by atoms with van der Waals surface area (Å²) >= 11 is 1.51. The summed E-state index contributed by atoms with van der Waals surface area (Å²) in [6.07, 6.45) is 8.46. The van der Waals surface area contributed by atoms with Crippen molar-refractivity contribution in [1.29, 1.82) is 0 Å². The minimum absolute atomic E-state index is 0.123. The highest BCUT2D eigenvalue weighted by Crippen LogP contribution is 2.39. The van der Waals surface area contributed by atoms with Gasteiger partial charge in [-0.2, -0.15) is 0 Å². The minimum Gasteiger partial charge on any atom is -0.352 e. The van der Waals surface area contributed by atoms with Crippen molar-refractivity contribution in [3.8, 4) is 0 Å². The van der Waals surface area contributed by atoms with E-state index in [2.05, 4.69) is 15.5 Å². The zero-order valence-corrected chi connectivity index (χ0v) is 13.7. The number of carbonyl (C=O) groups excluding carboxylic acids is 1. The Morgan fingerprint density at radius 2 is 1.95 bits per heavy atom. The number of nitrogens with one attached hydrogen (secondary N) is 1. The third kappa shape index (κ3) is 3.59. The van der Waals surface area contributed by atoms with E-state index in [0.29, 0.717) is 12.0 Å². The normalized spacial score (nSPS) is 21.2. The summed E-state index contributed by atoms with van der Waals surface area (Å²) in [7, 11) is 2.00. The van der Waals surface area contributed by atoms with Crippen LogP contribution in [0.5, 0.6) is 0 Å². The van der Waals surface area contributed by atoms with Crippen molar-refractivity contribution in [2.75, 3.05) is 0 Å². The van der Waals surface area contributed by atoms with Gasteiger partial charge in [-0.1, -0.05) is 31.0 Å². The van der Waals surface area contributed by atoms with Crippen LogP contribution in [0.25, 0.3) is 0 Å². The Bertz CT molecular complexity index is 506. The summed E-state index contributed by atoms with van der Waals surface area (Å²) < 4.78 is 2.05. The molecular weight excluding hydrogens is 284 g/mol. The van der Waals surface area contributed by atoms with Crippen molar-refractivity contribution in [2.45, 2.75) is 74.2 Å². The molecule has 1 amide bonds. The molecule has 2 aliphatic rings. The van der Waals surface area contributed by atoms with Gasteiger partial charge in [0.1, 0.15) is 5.82 Å². The Balaban J connectivity index is 1.55. The first-order valence-corrected chi connectivity index (χ1v) is 8.89. The van der Waals surface area contributed by atoms with Gasteiger partial charge >= 0.3 is 0 Å². The molecule has 3 rings (SSSR count). The van der Waals surface area contributed by atoms with E-state index < -0.39 is 0 Å². The Morgan fingerprint density at radius 3 is 2.62 bits per heavy atom. The SMILES string of the molecule is C[C@H](Sc1nnc(C2CC2)n1C)C(=O)NC1CCCCC1. The van der Waals surface area contributed by atoms with Gasteiger partial charge in [-0.25, -0.2) is 0 Å². The fourth-order valence-corrected chi connectivity index (χ4v) is 3.73. The molecule has 0 aromatic carbocycles. The minimum atomic E-state index is -0.123. The smallest absolute Gasteiger partial charge is 0.233 e. The zero-order valence-electron chi connectivity index (χ0n) is 12.8. The number of nitrogens with zero attached hydrogens (tertiary/aromatic N) is 3. The second kappa shape index (κ2) is 6.38. The third-order valence-corrected chi connectivity index (χ3v) is 5.55. The van der Waals surface area contributed by atoms with Gasteiger partial charge in [0.2, 0.25) is 5.91 Å². The van der Waals surface area contributed by atoms with Crippen LogP contribution in [0.3, 0.4) is 0 Å². The fourth-order valence-electron chi connectivity index (χ4n) is 2.90. The van der Waals surface area contributed by atoms with Gasteiger partial charge in [0.25, 0.3) is 0 Å². The van der Waals surface area contributed by atoms with Crippen molar-refractivity contribution < 1.29 is 4.79 Å². The van der Waals surface area contributed by atoms with Crippen LogP contribution in [-0.4, -0.2) is 32.0 Å². The van der Waals surface area contributed by atoms with Crippen LogP contribution >= 0.6 is 11.8 Å². The van der Waals surface area contributed by atoms with Crippen molar-refractivity contribution in [3.63, 3.8) is 0 Å². The van der Waals surface area contributed by atoms with E-state index in [1.54, 1.807) is 0 Å². The van der Waals surface area contributed by atoms with Gasteiger partial charge in [-0.3, -0.25) is 4.79 Å². The molecule has 116 valence electrons. The molecule has 21 heavy (non-hydrogen) atoms. The van der Waals surface area contributed by atoms with Crippen molar-refractivity contribution in [1.82, 2.24) is 20.1 Å². The number of hydrogen-bond donors (Lipinski definition) is 1. The highest BCUT2D eigenvalue weighted by molar-refractivity contribution is 8.00. The Morgan fingerprint density at radius 1 is 1.24 bits per heavy atom. The molecule has 0 saturated heterocycles. The van der Waals surface area contributed by atoms with Gasteiger partial charge in [0, 0.05) is 19.0 Å². The third-order valence-electron chi connectivity index (χ3n) is 4.41. The highest BCUT2D eigenvalue weighted by atomic mass is 32.2. The van der Waals surface area contributed by atoms with Gasteiger partial charge in [0.15, 0.2) is 5.16 Å². The molecule has 2 aliphatic carbocycles. The van der Waals surface area contributed by atoms with Crippen LogP contribution in [0.15, 0.2) is 5.16 Å². The predicted molar refractivity (Wildman–Crippen MR) is 83.3 cm³/mol. The predicted octanol–water partition coefficient (Wildman–Crippen LogP) is 2.62. The molecule has 2 fully saturated rings. The highest BCUT2D eigenvalue weighted by Gasteiger charge is 2.30. The van der Waals surface area contributed by atoms with E-state index in [9.17, 15) is 4.79 Å². The lowest BCUT2D eigenvalue weighted by Crippen LogP contribution is -2.40. The van der Waals surface area contributed by atoms with E-state index in [-0.39, 0.29) is 11.2 Å². The maximum absolute atomic E-state index is 12.3. The molecule has 0 unspecified atom stereocenters. The average Bonchev–Trinajstić information content (AvgIpc) is 3.26. The molecule has 1 atom stereocenters. The molecule has 6 heteroatoms. The topological polar surface area (TPSA) is 59.8 Å². The van der Waals surface area contributed by atoms with E-state index in [1.165, 1.54) is 43.9 Å². The van der Waals surface area contributed by atoms with Gasteiger partial charge in [-0.15, -0.1) is 10.2 Å². The first-order valence-electron chi connectivity index (χ1n) is 8.01. The largest absolute Gasteiger partial charge is 0.352 e. The maximum atomic E-state index is 12.3. The Labute approximate surface area is 130 Å². The Kier molecular flexibility index (Phi) is 4.52. The van der Waals surface area contributed by atoms with Crippen molar-refractivity contribution in [3.05, 3.63) is 5.82 Å². The molecule has 1 N–H and O–H groups in total. The van der Waals surface area contributed by atoms with Crippen LogP contribution in [0.4, 0.5) is 0 Å². The Hall–Kier alpha value is -1.04. The number of carbonyl (C=O) groups is 1. The lowest BCUT2D eigenvalue weighted by atomic mass is 9.95. The fraction of sp³-hybridized carbons (Fsp3) is 0.800. The zero-order chi connectivity index (χ0) is 14.8. The maximum Gasteiger partial charge on any atom is 0.233 e. The number of thioether (sulfide) groups is 1. The second-order valence-electron chi connectivity index (χ2n) is 6.28. The molecule has 0 aliphatic heterocycles. The van der Waals surface area contributed by atoms with E-state index in [4.69, 9.17) is 0 Å². The first-order chi connectivity index (χ1) is 10.1. The average molecular weight is 308 g/mol. The molecule has 0 spiro atoms. The molecule has 0 bridgehead atoms. The standard InChI is InChI=1S/C15H24N4OS/c1-10(14(20)16-12-6-4-3-5-7-12)21-15-18-17-13(19(15)2)11-8-9-11/h10-12H,3-9H2,1-2H3,(H,16,20)/t10-/m0/s1. The number of hydrogen-bond acceptors (Lipinski definition) is 4. The molecule has 1 heterocycles. The van der Waals surface area contributed by atoms with Crippen LogP contribution in [-0.2, 0) is 11.8 Å². The van der Waals surface area contributed by atoms with Gasteiger partial charge in [0.05, 0.1) is 5.25 Å².